The zero-order valence-corrected chi connectivity index (χ0v) is 13.4. The van der Waals surface area contributed by atoms with Gasteiger partial charge in [0.25, 0.3) is 0 Å². The van der Waals surface area contributed by atoms with E-state index >= 15 is 0 Å². The number of carbonyl (C=O) groups is 1. The van der Waals surface area contributed by atoms with Crippen molar-refractivity contribution in [3.8, 4) is 0 Å². The average Bonchev–Trinajstić information content (AvgIpc) is 2.95. The minimum absolute atomic E-state index is 0.118. The number of piperidine rings is 1. The number of likely N-dealkylation sites (tertiary alicyclic amines) is 1. The Hall–Kier alpha value is -2.04. The molecule has 0 N–H and O–H groups in total. The molecule has 0 spiro atoms. The summed E-state index contributed by atoms with van der Waals surface area (Å²) in [5, 5.41) is 3.59. The lowest BCUT2D eigenvalue weighted by atomic mass is 10.1. The van der Waals surface area contributed by atoms with E-state index in [2.05, 4.69) is 27.1 Å². The predicted octanol–water partition coefficient (Wildman–Crippen LogP) is 3.34. The smallest absolute Gasteiger partial charge is 0.227 e. The summed E-state index contributed by atoms with van der Waals surface area (Å²) in [5.74, 6) is 0.248. The summed E-state index contributed by atoms with van der Waals surface area (Å²) >= 11 is 0. The van der Waals surface area contributed by atoms with E-state index in [9.17, 15) is 4.79 Å². The molecule has 2 aliphatic heterocycles. The van der Waals surface area contributed by atoms with Crippen molar-refractivity contribution in [1.82, 2.24) is 4.90 Å². The zero-order chi connectivity index (χ0) is 16.1. The highest BCUT2D eigenvalue weighted by Gasteiger charge is 2.29. The second-order valence-electron chi connectivity index (χ2n) is 6.49. The van der Waals surface area contributed by atoms with Gasteiger partial charge in [-0.25, -0.2) is 0 Å². The standard InChI is InChI=1S/C17H23N5O/c18-20-19-11-15-10-17(23)22(13-15)16-6-4-14(5-7-16)12-21-8-2-1-3-9-21/h4-7,15H,1-3,8-13H2. The van der Waals surface area contributed by atoms with Crippen LogP contribution < -0.4 is 4.90 Å². The molecule has 2 fully saturated rings. The summed E-state index contributed by atoms with van der Waals surface area (Å²) in [7, 11) is 0. The van der Waals surface area contributed by atoms with Gasteiger partial charge in [0, 0.05) is 36.7 Å². The van der Waals surface area contributed by atoms with Crippen LogP contribution in [-0.4, -0.2) is 37.0 Å². The molecule has 0 bridgehead atoms. The van der Waals surface area contributed by atoms with Crippen LogP contribution >= 0.6 is 0 Å². The van der Waals surface area contributed by atoms with Crippen molar-refractivity contribution in [2.45, 2.75) is 32.2 Å². The summed E-state index contributed by atoms with van der Waals surface area (Å²) in [5.41, 5.74) is 10.6. The quantitative estimate of drug-likeness (QED) is 0.475. The molecule has 1 aromatic carbocycles. The molecule has 1 amide bonds. The Morgan fingerprint density at radius 1 is 1.17 bits per heavy atom. The predicted molar refractivity (Wildman–Crippen MR) is 90.0 cm³/mol. The van der Waals surface area contributed by atoms with Gasteiger partial charge in [0.1, 0.15) is 0 Å². The summed E-state index contributed by atoms with van der Waals surface area (Å²) in [6.45, 7) is 4.41. The van der Waals surface area contributed by atoms with E-state index in [-0.39, 0.29) is 11.8 Å². The van der Waals surface area contributed by atoms with Gasteiger partial charge in [-0.3, -0.25) is 9.69 Å². The van der Waals surface area contributed by atoms with Crippen molar-refractivity contribution in [3.05, 3.63) is 40.3 Å². The number of hydrogen-bond acceptors (Lipinski definition) is 3. The van der Waals surface area contributed by atoms with Crippen LogP contribution in [0.1, 0.15) is 31.2 Å². The first-order valence-corrected chi connectivity index (χ1v) is 8.39. The highest BCUT2D eigenvalue weighted by molar-refractivity contribution is 5.95. The van der Waals surface area contributed by atoms with E-state index in [4.69, 9.17) is 5.53 Å². The lowest BCUT2D eigenvalue weighted by molar-refractivity contribution is -0.117. The van der Waals surface area contributed by atoms with Gasteiger partial charge >= 0.3 is 0 Å². The van der Waals surface area contributed by atoms with E-state index in [0.717, 1.165) is 12.2 Å². The molecule has 2 heterocycles. The first-order valence-electron chi connectivity index (χ1n) is 8.39. The second kappa shape index (κ2) is 7.49. The molecule has 6 heteroatoms. The monoisotopic (exact) mass is 313 g/mol. The van der Waals surface area contributed by atoms with Crippen molar-refractivity contribution < 1.29 is 4.79 Å². The average molecular weight is 313 g/mol. The third-order valence-electron chi connectivity index (χ3n) is 4.71. The third-order valence-corrected chi connectivity index (χ3v) is 4.71. The highest BCUT2D eigenvalue weighted by atomic mass is 16.2. The van der Waals surface area contributed by atoms with Gasteiger partial charge in [0.05, 0.1) is 0 Å². The first kappa shape index (κ1) is 15.8. The van der Waals surface area contributed by atoms with Crippen LogP contribution in [0.5, 0.6) is 0 Å². The number of carbonyl (C=O) groups excluding carboxylic acids is 1. The first-order chi connectivity index (χ1) is 11.3. The van der Waals surface area contributed by atoms with Crippen molar-refractivity contribution in [2.24, 2.45) is 11.0 Å². The van der Waals surface area contributed by atoms with Gasteiger partial charge in [0.2, 0.25) is 5.91 Å². The van der Waals surface area contributed by atoms with Crippen molar-refractivity contribution in [3.63, 3.8) is 0 Å². The number of amides is 1. The van der Waals surface area contributed by atoms with Crippen LogP contribution in [0.4, 0.5) is 5.69 Å². The van der Waals surface area contributed by atoms with E-state index in [1.165, 1.54) is 37.9 Å². The summed E-state index contributed by atoms with van der Waals surface area (Å²) in [6, 6.07) is 8.32. The number of azide groups is 1. The maximum absolute atomic E-state index is 12.1. The molecule has 0 radical (unpaired) electrons. The maximum atomic E-state index is 12.1. The molecule has 2 saturated heterocycles. The molecule has 0 saturated carbocycles. The minimum atomic E-state index is 0.118. The Morgan fingerprint density at radius 3 is 2.61 bits per heavy atom. The Balaban J connectivity index is 1.60. The number of rotatable bonds is 5. The fraction of sp³-hybridized carbons (Fsp3) is 0.588. The Kier molecular flexibility index (Phi) is 5.16. The van der Waals surface area contributed by atoms with E-state index in [0.29, 0.717) is 19.5 Å². The van der Waals surface area contributed by atoms with Crippen LogP contribution in [0, 0.1) is 5.92 Å². The molecular formula is C17H23N5O. The zero-order valence-electron chi connectivity index (χ0n) is 13.4. The van der Waals surface area contributed by atoms with Gasteiger partial charge in [-0.1, -0.05) is 23.7 Å². The molecule has 0 aliphatic carbocycles. The molecular weight excluding hydrogens is 290 g/mol. The maximum Gasteiger partial charge on any atom is 0.227 e. The van der Waals surface area contributed by atoms with E-state index in [1.807, 2.05) is 17.0 Å². The lowest BCUT2D eigenvalue weighted by Gasteiger charge is -2.26. The molecule has 6 nitrogen and oxygen atoms in total. The van der Waals surface area contributed by atoms with Gasteiger partial charge < -0.3 is 4.90 Å². The second-order valence-corrected chi connectivity index (χ2v) is 6.49. The summed E-state index contributed by atoms with van der Waals surface area (Å²) < 4.78 is 0. The van der Waals surface area contributed by atoms with Crippen molar-refractivity contribution in [1.29, 1.82) is 0 Å². The number of benzene rings is 1. The Morgan fingerprint density at radius 2 is 1.91 bits per heavy atom. The summed E-state index contributed by atoms with van der Waals surface area (Å²) in [6.07, 6.45) is 4.41. The van der Waals surface area contributed by atoms with Gasteiger partial charge in [0.15, 0.2) is 0 Å². The van der Waals surface area contributed by atoms with E-state index < -0.39 is 0 Å². The van der Waals surface area contributed by atoms with E-state index in [1.54, 1.807) is 0 Å². The Labute approximate surface area is 136 Å². The molecule has 0 aromatic heterocycles. The van der Waals surface area contributed by atoms with Crippen LogP contribution in [0.15, 0.2) is 29.4 Å². The van der Waals surface area contributed by atoms with Crippen LogP contribution in [0.25, 0.3) is 10.4 Å². The topological polar surface area (TPSA) is 72.3 Å². The SMILES string of the molecule is [N-]=[N+]=NCC1CC(=O)N(c2ccc(CN3CCCCC3)cc2)C1. The number of anilines is 1. The molecule has 23 heavy (non-hydrogen) atoms. The minimum Gasteiger partial charge on any atom is -0.312 e. The molecule has 2 aliphatic rings. The molecule has 3 rings (SSSR count). The highest BCUT2D eigenvalue weighted by Crippen LogP contribution is 2.26. The Bertz CT molecular complexity index is 588. The van der Waals surface area contributed by atoms with Gasteiger partial charge in [-0.15, -0.1) is 0 Å². The van der Waals surface area contributed by atoms with Crippen LogP contribution in [-0.2, 0) is 11.3 Å². The molecule has 122 valence electrons. The lowest BCUT2D eigenvalue weighted by Crippen LogP contribution is -2.29. The normalized spacial score (nSPS) is 22.2. The fourth-order valence-electron chi connectivity index (χ4n) is 3.46. The third kappa shape index (κ3) is 4.03. The summed E-state index contributed by atoms with van der Waals surface area (Å²) in [4.78, 5) is 19.2. The van der Waals surface area contributed by atoms with Crippen LogP contribution in [0.2, 0.25) is 0 Å². The number of hydrogen-bond donors (Lipinski definition) is 0. The van der Waals surface area contributed by atoms with Crippen molar-refractivity contribution in [2.75, 3.05) is 31.1 Å². The molecule has 1 atom stereocenters. The molecule has 1 unspecified atom stereocenters. The van der Waals surface area contributed by atoms with Gasteiger partial charge in [-0.05, 0) is 55.1 Å². The number of nitrogens with zero attached hydrogens (tertiary/aromatic N) is 5. The van der Waals surface area contributed by atoms with Crippen molar-refractivity contribution >= 4 is 11.6 Å². The van der Waals surface area contributed by atoms with Crippen LogP contribution in [0.3, 0.4) is 0 Å². The molecule has 1 aromatic rings. The largest absolute Gasteiger partial charge is 0.312 e. The fourth-order valence-corrected chi connectivity index (χ4v) is 3.46. The van der Waals surface area contributed by atoms with Gasteiger partial charge in [-0.2, -0.15) is 0 Å².